The van der Waals surface area contributed by atoms with Crippen LogP contribution in [0.15, 0.2) is 91.3 Å². The number of nitrogens with zero attached hydrogens (tertiary/aromatic N) is 3. The molecule has 0 radical (unpaired) electrons. The Morgan fingerprint density at radius 2 is 1.19 bits per heavy atom. The fourth-order valence-electron chi connectivity index (χ4n) is 11.2. The van der Waals surface area contributed by atoms with Crippen LogP contribution in [0.4, 0.5) is 0 Å². The van der Waals surface area contributed by atoms with Gasteiger partial charge in [0.25, 0.3) is 0 Å². The highest BCUT2D eigenvalue weighted by atomic mass is 16.4. The summed E-state index contributed by atoms with van der Waals surface area (Å²) in [5.41, 5.74) is 18.7. The Balaban J connectivity index is 1.20. The predicted molar refractivity (Wildman–Crippen MR) is 380 cm³/mol. The summed E-state index contributed by atoms with van der Waals surface area (Å²) in [7, 11) is 0. The maximum Gasteiger partial charge on any atom is 0.305 e. The van der Waals surface area contributed by atoms with Crippen molar-refractivity contribution in [2.24, 2.45) is 17.2 Å². The number of aliphatic carboxylic acids is 1. The van der Waals surface area contributed by atoms with Crippen molar-refractivity contribution < 1.29 is 92.3 Å². The highest BCUT2D eigenvalue weighted by Gasteiger charge is 2.38. The van der Waals surface area contributed by atoms with E-state index < -0.39 is 206 Å². The Labute approximate surface area is 617 Å². The highest BCUT2D eigenvalue weighted by Crippen LogP contribution is 2.20. The molecular formula is C68H91N21O19. The number of phenols is 1. The molecule has 25 N–H and O–H groups in total. The predicted octanol–water partition coefficient (Wildman–Crippen LogP) is -7.12. The Hall–Kier alpha value is -12.6. The number of phenolic OH excluding ortho intramolecular Hbond substituents is 1. The number of primary amides is 2. The number of carbonyl (C=O) groups is 15. The number of amides is 14. The van der Waals surface area contributed by atoms with Gasteiger partial charge in [-0.2, -0.15) is 0 Å². The largest absolute Gasteiger partial charge is 0.508 e. The van der Waals surface area contributed by atoms with Crippen molar-refractivity contribution in [3.05, 3.63) is 114 Å². The number of aromatic hydroxyl groups is 1. The number of H-pyrrole nitrogens is 1. The molecule has 2 bridgehead atoms. The van der Waals surface area contributed by atoms with Gasteiger partial charge in [-0.05, 0) is 80.8 Å². The summed E-state index contributed by atoms with van der Waals surface area (Å²) in [5, 5.41) is 88.5. The molecule has 0 saturated carbocycles. The van der Waals surface area contributed by atoms with E-state index in [9.17, 15) is 92.3 Å². The number of guanidine groups is 1. The SMILES string of the molecule is CC(=O)N[C@@H](CO)C(=O)N[C@@H](Cc1c[nH]c2ccccc12)C(=O)N[C@@H](CCCNC(=N)N)C(=O)N[C@@H](CCC(N)=O)C(=O)N[C@@H](C)C(=O)N[C@@H](C)C(=O)N[C@@H](Cc1ccccc1)C(=O)N[C@H]1Cc2cn(nn2)CCC[C@@H](C(N)=O)NC(=O)[C@H](Cc2ccc(O)cc2)NC(=O)[C@H](CO)NC(=O)[C@H](CC(=O)O)NC1=O. The van der Waals surface area contributed by atoms with Gasteiger partial charge in [0.15, 0.2) is 5.96 Å². The van der Waals surface area contributed by atoms with Gasteiger partial charge in [0.1, 0.15) is 78.3 Å². The summed E-state index contributed by atoms with van der Waals surface area (Å²) in [6, 6.07) is 1.06. The average molecular weight is 1510 g/mol. The molecule has 3 heterocycles. The van der Waals surface area contributed by atoms with Crippen molar-refractivity contribution in [2.45, 2.75) is 170 Å². The van der Waals surface area contributed by atoms with E-state index in [4.69, 9.17) is 22.6 Å². The van der Waals surface area contributed by atoms with Crippen LogP contribution in [-0.4, -0.2) is 227 Å². The number of carboxylic acids is 1. The molecular weight excluding hydrogens is 1410 g/mol. The molecule has 6 rings (SSSR count). The maximum absolute atomic E-state index is 14.7. The molecule has 0 unspecified atom stereocenters. The van der Waals surface area contributed by atoms with Crippen molar-refractivity contribution in [3.63, 3.8) is 0 Å². The molecule has 40 heteroatoms. The van der Waals surface area contributed by atoms with E-state index in [1.807, 2.05) is 0 Å². The first kappa shape index (κ1) is 84.3. The van der Waals surface area contributed by atoms with Crippen molar-refractivity contribution in [2.75, 3.05) is 19.8 Å². The van der Waals surface area contributed by atoms with Crippen LogP contribution in [-0.2, 0) is 104 Å². The lowest BCUT2D eigenvalue weighted by Crippen LogP contribution is -2.61. The number of hydrogen-bond acceptors (Lipinski definition) is 21. The summed E-state index contributed by atoms with van der Waals surface area (Å²) < 4.78 is 1.29. The minimum atomic E-state index is -2.05. The van der Waals surface area contributed by atoms with Gasteiger partial charge in [-0.1, -0.05) is 65.9 Å². The molecule has 108 heavy (non-hydrogen) atoms. The molecule has 40 nitrogen and oxygen atoms in total. The number of hydrogen-bond donors (Lipinski definition) is 22. The highest BCUT2D eigenvalue weighted by molar-refractivity contribution is 6.01. The zero-order valence-electron chi connectivity index (χ0n) is 59.2. The molecule has 582 valence electrons. The second kappa shape index (κ2) is 41.2. The number of fused-ring (bicyclic) bond motifs is 3. The van der Waals surface area contributed by atoms with E-state index in [0.717, 1.165) is 6.92 Å². The Bertz CT molecular complexity index is 4060. The second-order valence-corrected chi connectivity index (χ2v) is 25.6. The first-order chi connectivity index (χ1) is 51.3. The van der Waals surface area contributed by atoms with Gasteiger partial charge >= 0.3 is 5.97 Å². The molecule has 0 aliphatic carbocycles. The topological polar surface area (TPSA) is 642 Å². The Morgan fingerprint density at radius 3 is 1.83 bits per heavy atom. The van der Waals surface area contributed by atoms with Gasteiger partial charge in [0.05, 0.1) is 25.3 Å². The molecule has 14 amide bonds. The lowest BCUT2D eigenvalue weighted by molar-refractivity contribution is -0.141. The minimum absolute atomic E-state index is 0.00347. The van der Waals surface area contributed by atoms with Gasteiger partial charge in [0, 0.05) is 75.4 Å². The number of aromatic amines is 1. The number of carboxylic acid groups (broad SMARTS) is 1. The quantitative estimate of drug-likeness (QED) is 0.0105. The smallest absolute Gasteiger partial charge is 0.305 e. The average Bonchev–Trinajstić information content (AvgIpc) is 1.64. The summed E-state index contributed by atoms with van der Waals surface area (Å²) in [5.74, 6) is -16.5. The van der Waals surface area contributed by atoms with Crippen LogP contribution in [0.2, 0.25) is 0 Å². The normalized spacial score (nSPS) is 18.4. The standard InChI is InChI=1S/C68H91N21O19/c1-34(76-59(100)46(21-22-54(69)94)80-60(101)45(15-9-23-73-68(71)72)79-63(104)49(83-66(107)52(32-90)77-36(3)92)27-39-30-74-43-14-8-7-13-42(39)43)57(98)75-35(2)58(99)81-47(25-37-11-5-4-6-12-37)62(103)84-50-28-40-31-89(88-87-40)24-10-16-44(56(70)97)78-61(102)48(26-38-17-19-41(93)20-18-38)82-67(108)53(33-91)86-65(106)51(29-55(95)96)85-64(50)105/h4-8,11-14,17-20,30-31,34-35,44-53,74,90-91,93H,9-10,15-16,21-29,32-33H2,1-3H3,(H2,69,94)(H2,70,97)(H,75,98)(H,76,100)(H,77,92)(H,78,102)(H,79,104)(H,80,101)(H,81,99)(H,82,108)(H,83,107)(H,84,103)(H,85,105)(H,86,106)(H,95,96)(H4,71,72,73)/t34-,35-,44-,45-,46-,47-,48-,49-,50-,51-,52-,53-/m0/s1. The number of benzene rings is 3. The Morgan fingerprint density at radius 1 is 0.630 bits per heavy atom. The maximum atomic E-state index is 14.7. The van der Waals surface area contributed by atoms with Crippen LogP contribution >= 0.6 is 0 Å². The molecule has 5 aromatic rings. The first-order valence-electron chi connectivity index (χ1n) is 34.3. The number of aromatic nitrogens is 4. The van der Waals surface area contributed by atoms with E-state index in [1.54, 1.807) is 60.8 Å². The number of aliphatic hydroxyl groups is 2. The molecule has 1 aliphatic rings. The number of nitrogens with two attached hydrogens (primary N) is 3. The summed E-state index contributed by atoms with van der Waals surface area (Å²) >= 11 is 0. The van der Waals surface area contributed by atoms with Crippen LogP contribution in [0.3, 0.4) is 0 Å². The minimum Gasteiger partial charge on any atom is -0.508 e. The molecule has 12 atom stereocenters. The number of carbonyl (C=O) groups excluding carboxylic acids is 14. The number of aryl methyl sites for hydroxylation is 1. The zero-order chi connectivity index (χ0) is 79.3. The lowest BCUT2D eigenvalue weighted by atomic mass is 10.0. The number of para-hydroxylation sites is 1. The van der Waals surface area contributed by atoms with Gasteiger partial charge in [0.2, 0.25) is 82.7 Å². The van der Waals surface area contributed by atoms with Gasteiger partial charge in [-0.15, -0.1) is 5.10 Å². The van der Waals surface area contributed by atoms with Crippen molar-refractivity contribution in [1.29, 1.82) is 5.41 Å². The summed E-state index contributed by atoms with van der Waals surface area (Å²) in [6.07, 6.45) is -0.633. The third-order valence-electron chi connectivity index (χ3n) is 17.0. The van der Waals surface area contributed by atoms with E-state index in [-0.39, 0.29) is 69.5 Å². The van der Waals surface area contributed by atoms with Gasteiger partial charge < -0.3 is 112 Å². The third-order valence-corrected chi connectivity index (χ3v) is 17.0. The van der Waals surface area contributed by atoms with Crippen LogP contribution < -0.4 is 86.3 Å². The van der Waals surface area contributed by atoms with E-state index >= 15 is 0 Å². The van der Waals surface area contributed by atoms with Crippen molar-refractivity contribution in [3.8, 4) is 5.75 Å². The van der Waals surface area contributed by atoms with Crippen LogP contribution in [0.25, 0.3) is 10.9 Å². The van der Waals surface area contributed by atoms with Gasteiger partial charge in [-0.3, -0.25) is 82.0 Å². The number of nitrogens with one attached hydrogen (secondary N) is 15. The molecule has 0 spiro atoms. The lowest BCUT2D eigenvalue weighted by Gasteiger charge is -2.27. The molecule has 0 fully saturated rings. The summed E-state index contributed by atoms with van der Waals surface area (Å²) in [6.45, 7) is 1.52. The molecule has 0 saturated heterocycles. The zero-order valence-corrected chi connectivity index (χ0v) is 59.2. The summed E-state index contributed by atoms with van der Waals surface area (Å²) in [4.78, 5) is 208. The van der Waals surface area contributed by atoms with E-state index in [1.165, 1.54) is 49.0 Å². The molecule has 1 aliphatic heterocycles. The molecule has 3 aromatic carbocycles. The number of aliphatic hydroxyl groups excluding tert-OH is 2. The third kappa shape index (κ3) is 26.8. The fourth-order valence-corrected chi connectivity index (χ4v) is 11.2. The van der Waals surface area contributed by atoms with Crippen LogP contribution in [0.1, 0.15) is 88.1 Å². The van der Waals surface area contributed by atoms with E-state index in [0.29, 0.717) is 27.6 Å². The van der Waals surface area contributed by atoms with E-state index in [2.05, 4.69) is 84.4 Å². The molecule has 2 aromatic heterocycles. The first-order valence-corrected chi connectivity index (χ1v) is 34.3. The van der Waals surface area contributed by atoms with Crippen molar-refractivity contribution >= 4 is 106 Å². The van der Waals surface area contributed by atoms with Crippen LogP contribution in [0.5, 0.6) is 5.75 Å². The number of rotatable bonds is 33. The van der Waals surface area contributed by atoms with Crippen molar-refractivity contribution in [1.82, 2.24) is 89.1 Å². The second-order valence-electron chi connectivity index (χ2n) is 25.6. The van der Waals surface area contributed by atoms with Gasteiger partial charge in [-0.25, -0.2) is 0 Å². The monoisotopic (exact) mass is 1510 g/mol. The van der Waals surface area contributed by atoms with Crippen LogP contribution in [0, 0.1) is 5.41 Å². The Kier molecular flexibility index (Phi) is 32.1. The fraction of sp³-hybridized carbons (Fsp3) is 0.441.